The minimum atomic E-state index is -4.96. The molecule has 94 heavy (non-hydrogen) atoms. The van der Waals surface area contributed by atoms with Gasteiger partial charge in [-0.05, 0) is 37.5 Å². The summed E-state index contributed by atoms with van der Waals surface area (Å²) >= 11 is 0. The van der Waals surface area contributed by atoms with Gasteiger partial charge in [0, 0.05) is 25.7 Å². The van der Waals surface area contributed by atoms with E-state index in [2.05, 4.69) is 41.5 Å². The fourth-order valence-electron chi connectivity index (χ4n) is 11.4. The first kappa shape index (κ1) is 92.1. The van der Waals surface area contributed by atoms with Crippen LogP contribution in [-0.4, -0.2) is 96.7 Å². The van der Waals surface area contributed by atoms with E-state index < -0.39 is 97.5 Å². The molecule has 0 aromatic heterocycles. The molecule has 0 spiro atoms. The fraction of sp³-hybridized carbons (Fsp3) is 0.947. The van der Waals surface area contributed by atoms with Crippen LogP contribution < -0.4 is 0 Å². The summed E-state index contributed by atoms with van der Waals surface area (Å²) < 4.78 is 68.5. The molecule has 0 heterocycles. The molecule has 0 aliphatic carbocycles. The zero-order chi connectivity index (χ0) is 69.3. The number of aliphatic hydroxyl groups is 1. The molecule has 0 aliphatic rings. The number of phosphoric acid groups is 2. The number of hydrogen-bond donors (Lipinski definition) is 3. The van der Waals surface area contributed by atoms with Crippen molar-refractivity contribution in [1.82, 2.24) is 0 Å². The van der Waals surface area contributed by atoms with Crippen LogP contribution in [0.3, 0.4) is 0 Å². The third-order valence-electron chi connectivity index (χ3n) is 17.8. The van der Waals surface area contributed by atoms with Crippen molar-refractivity contribution in [3.05, 3.63) is 0 Å². The summed E-state index contributed by atoms with van der Waals surface area (Å²) in [6.07, 6.45) is 54.0. The Balaban J connectivity index is 5.23. The van der Waals surface area contributed by atoms with Gasteiger partial charge in [0.05, 0.1) is 26.4 Å². The highest BCUT2D eigenvalue weighted by Gasteiger charge is 2.30. The van der Waals surface area contributed by atoms with Crippen LogP contribution in [0.5, 0.6) is 0 Å². The molecule has 0 fully saturated rings. The van der Waals surface area contributed by atoms with Crippen molar-refractivity contribution < 1.29 is 80.2 Å². The van der Waals surface area contributed by atoms with Gasteiger partial charge >= 0.3 is 39.5 Å². The topological polar surface area (TPSA) is 237 Å². The molecule has 0 aliphatic heterocycles. The zero-order valence-corrected chi connectivity index (χ0v) is 63.1. The number of phosphoric ester groups is 2. The van der Waals surface area contributed by atoms with Gasteiger partial charge in [-0.25, -0.2) is 9.13 Å². The van der Waals surface area contributed by atoms with Gasteiger partial charge in [0.15, 0.2) is 12.2 Å². The van der Waals surface area contributed by atoms with Crippen molar-refractivity contribution in [1.29, 1.82) is 0 Å². The first-order valence-corrected chi connectivity index (χ1v) is 42.0. The van der Waals surface area contributed by atoms with Crippen LogP contribution >= 0.6 is 15.6 Å². The molecule has 0 aromatic carbocycles. The lowest BCUT2D eigenvalue weighted by molar-refractivity contribution is -0.161. The van der Waals surface area contributed by atoms with Gasteiger partial charge in [0.2, 0.25) is 0 Å². The molecule has 6 atom stereocenters. The lowest BCUT2D eigenvalue weighted by Crippen LogP contribution is -2.30. The second-order valence-corrected chi connectivity index (χ2v) is 30.7. The predicted octanol–water partition coefficient (Wildman–Crippen LogP) is 21.9. The van der Waals surface area contributed by atoms with E-state index in [9.17, 15) is 43.2 Å². The van der Waals surface area contributed by atoms with Crippen LogP contribution in [-0.2, 0) is 65.4 Å². The molecule has 0 amide bonds. The number of carbonyl (C=O) groups is 4. The number of rotatable bonds is 74. The van der Waals surface area contributed by atoms with E-state index in [4.69, 9.17) is 37.0 Å². The summed E-state index contributed by atoms with van der Waals surface area (Å²) in [5, 5.41) is 10.6. The van der Waals surface area contributed by atoms with Crippen molar-refractivity contribution in [2.45, 2.75) is 407 Å². The minimum Gasteiger partial charge on any atom is -0.462 e. The third kappa shape index (κ3) is 67.3. The highest BCUT2D eigenvalue weighted by atomic mass is 31.2. The van der Waals surface area contributed by atoms with Crippen molar-refractivity contribution in [3.8, 4) is 0 Å². The monoisotopic (exact) mass is 1380 g/mol. The summed E-state index contributed by atoms with van der Waals surface area (Å²) in [6, 6.07) is 0. The molecule has 0 saturated carbocycles. The normalized spacial score (nSPS) is 14.3. The molecule has 0 aromatic rings. The molecule has 3 unspecified atom stereocenters. The maximum absolute atomic E-state index is 13.1. The largest absolute Gasteiger partial charge is 0.472 e. The van der Waals surface area contributed by atoms with Gasteiger partial charge in [0.1, 0.15) is 19.3 Å². The van der Waals surface area contributed by atoms with Gasteiger partial charge in [0.25, 0.3) is 0 Å². The molecule has 0 rings (SSSR count). The van der Waals surface area contributed by atoms with Crippen molar-refractivity contribution in [2.24, 2.45) is 11.8 Å². The maximum atomic E-state index is 13.1. The van der Waals surface area contributed by atoms with Gasteiger partial charge < -0.3 is 33.8 Å². The van der Waals surface area contributed by atoms with E-state index in [0.717, 1.165) is 102 Å². The van der Waals surface area contributed by atoms with E-state index in [-0.39, 0.29) is 25.7 Å². The number of hydrogen-bond acceptors (Lipinski definition) is 15. The average Bonchev–Trinajstić information content (AvgIpc) is 1.33. The summed E-state index contributed by atoms with van der Waals surface area (Å²) in [5.74, 6) is -0.556. The maximum Gasteiger partial charge on any atom is 0.472 e. The Kier molecular flexibility index (Phi) is 65.5. The van der Waals surface area contributed by atoms with Crippen LogP contribution in [0.15, 0.2) is 0 Å². The Hall–Kier alpha value is -1.94. The summed E-state index contributed by atoms with van der Waals surface area (Å²) in [5.41, 5.74) is 0. The number of esters is 4. The number of aliphatic hydroxyl groups excluding tert-OH is 1. The highest BCUT2D eigenvalue weighted by molar-refractivity contribution is 7.47. The van der Waals surface area contributed by atoms with E-state index in [1.54, 1.807) is 0 Å². The molecule has 3 N–H and O–H groups in total. The standard InChI is InChI=1S/C75H146O17P2/c1-7-10-12-14-16-18-19-20-21-22-23-24-25-26-35-41-47-53-59-74(79)91-71(64-86-73(78)58-52-46-40-34-30-28-33-38-44-50-56-68(6)9-3)66-90-94(83,84)88-62-69(76)61-87-93(81,82)89-65-70(63-85-72(77)57-51-45-39-31-17-15-13-11-8-2)92-75(80)60-54-48-42-36-29-27-32-37-43-49-55-67(4)5/h67-71,76H,7-66H2,1-6H3,(H,81,82)(H,83,84)/t68?,69-,70+,71+/m0/s1. The Morgan fingerprint density at radius 2 is 0.543 bits per heavy atom. The molecule has 0 saturated heterocycles. The molecular weight excluding hydrogens is 1230 g/mol. The third-order valence-corrected chi connectivity index (χ3v) is 19.7. The summed E-state index contributed by atoms with van der Waals surface area (Å²) in [6.45, 7) is 9.59. The Morgan fingerprint density at radius 3 is 0.809 bits per heavy atom. The minimum absolute atomic E-state index is 0.106. The van der Waals surface area contributed by atoms with Crippen LogP contribution in [0.1, 0.15) is 388 Å². The SMILES string of the molecule is CCCCCCCCCCCCCCCCCCCCC(=O)O[C@H](COC(=O)CCCCCCCCCCCCC(C)CC)COP(=O)(O)OC[C@@H](O)COP(=O)(O)OC[C@@H](COC(=O)CCCCCCCCCCC)OC(=O)CCCCCCCCCCCCC(C)C. The van der Waals surface area contributed by atoms with E-state index >= 15 is 0 Å². The number of carbonyl (C=O) groups excluding carboxylic acids is 4. The zero-order valence-electron chi connectivity index (χ0n) is 61.3. The molecular formula is C75H146O17P2. The van der Waals surface area contributed by atoms with Crippen molar-refractivity contribution >= 4 is 39.5 Å². The number of unbranched alkanes of at least 4 members (excludes halogenated alkanes) is 43. The quantitative estimate of drug-likeness (QED) is 0.0222. The van der Waals surface area contributed by atoms with E-state index in [0.29, 0.717) is 25.7 Å². The first-order chi connectivity index (χ1) is 45.4. The molecule has 19 heteroatoms. The summed E-state index contributed by atoms with van der Waals surface area (Å²) in [4.78, 5) is 72.7. The Bertz CT molecular complexity index is 1820. The first-order valence-electron chi connectivity index (χ1n) is 39.0. The van der Waals surface area contributed by atoms with Crippen LogP contribution in [0.25, 0.3) is 0 Å². The average molecular weight is 1380 g/mol. The molecule has 17 nitrogen and oxygen atoms in total. The fourth-order valence-corrected chi connectivity index (χ4v) is 13.0. The lowest BCUT2D eigenvalue weighted by atomic mass is 9.99. The van der Waals surface area contributed by atoms with Gasteiger partial charge in [-0.3, -0.25) is 37.3 Å². The summed E-state index contributed by atoms with van der Waals surface area (Å²) in [7, 11) is -9.91. The van der Waals surface area contributed by atoms with Crippen LogP contribution in [0.2, 0.25) is 0 Å². The molecule has 558 valence electrons. The van der Waals surface area contributed by atoms with E-state index in [1.165, 1.54) is 205 Å². The smallest absolute Gasteiger partial charge is 0.462 e. The van der Waals surface area contributed by atoms with Crippen molar-refractivity contribution in [3.63, 3.8) is 0 Å². The van der Waals surface area contributed by atoms with Gasteiger partial charge in [-0.1, -0.05) is 337 Å². The second-order valence-electron chi connectivity index (χ2n) is 27.8. The van der Waals surface area contributed by atoms with Gasteiger partial charge in [-0.15, -0.1) is 0 Å². The predicted molar refractivity (Wildman–Crippen MR) is 381 cm³/mol. The second kappa shape index (κ2) is 66.9. The lowest BCUT2D eigenvalue weighted by Gasteiger charge is -2.21. The molecule has 0 bridgehead atoms. The van der Waals surface area contributed by atoms with Crippen molar-refractivity contribution in [2.75, 3.05) is 39.6 Å². The number of ether oxygens (including phenoxy) is 4. The van der Waals surface area contributed by atoms with Crippen LogP contribution in [0.4, 0.5) is 0 Å². The highest BCUT2D eigenvalue weighted by Crippen LogP contribution is 2.45. The van der Waals surface area contributed by atoms with E-state index in [1.807, 2.05) is 0 Å². The van der Waals surface area contributed by atoms with Gasteiger partial charge in [-0.2, -0.15) is 0 Å². The van der Waals surface area contributed by atoms with Crippen LogP contribution in [0, 0.1) is 11.8 Å². The molecule has 0 radical (unpaired) electrons. The Labute approximate surface area is 575 Å². The Morgan fingerprint density at radius 1 is 0.309 bits per heavy atom.